The zero-order valence-corrected chi connectivity index (χ0v) is 14.5. The van der Waals surface area contributed by atoms with Crippen molar-refractivity contribution in [2.75, 3.05) is 11.1 Å². The minimum Gasteiger partial charge on any atom is -0.478 e. The van der Waals surface area contributed by atoms with E-state index in [4.69, 9.17) is 16.7 Å². The summed E-state index contributed by atoms with van der Waals surface area (Å²) in [5, 5.41) is 12.2. The van der Waals surface area contributed by atoms with Crippen molar-refractivity contribution in [3.63, 3.8) is 0 Å². The molecule has 24 heavy (non-hydrogen) atoms. The molecule has 7 heteroatoms. The fourth-order valence-corrected chi connectivity index (χ4v) is 3.38. The Morgan fingerprint density at radius 3 is 2.62 bits per heavy atom. The van der Waals surface area contributed by atoms with E-state index in [1.165, 1.54) is 12.1 Å². The predicted molar refractivity (Wildman–Crippen MR) is 94.9 cm³/mol. The third-order valence-electron chi connectivity index (χ3n) is 3.26. The Labute approximate surface area is 147 Å². The number of aryl methyl sites for hydroxylation is 1. The third-order valence-corrected chi connectivity index (χ3v) is 4.73. The first-order chi connectivity index (χ1) is 11.3. The molecule has 2 aromatic rings. The summed E-state index contributed by atoms with van der Waals surface area (Å²) in [7, 11) is -1.44. The summed E-state index contributed by atoms with van der Waals surface area (Å²) in [6.45, 7) is 1.82. The van der Waals surface area contributed by atoms with Crippen LogP contribution in [0, 0.1) is 6.92 Å². The first kappa shape index (κ1) is 18.2. The van der Waals surface area contributed by atoms with Crippen LogP contribution in [0.2, 0.25) is 5.02 Å². The monoisotopic (exact) mass is 365 g/mol. The van der Waals surface area contributed by atoms with E-state index in [1.54, 1.807) is 30.3 Å². The quantitative estimate of drug-likeness (QED) is 0.823. The predicted octanol–water partition coefficient (Wildman–Crippen LogP) is 3.23. The Hall–Kier alpha value is -2.18. The van der Waals surface area contributed by atoms with Gasteiger partial charge in [-0.3, -0.25) is 9.00 Å². The minimum atomic E-state index is -1.44. The average Bonchev–Trinajstić information content (AvgIpc) is 2.50. The number of halogens is 1. The van der Waals surface area contributed by atoms with E-state index in [0.717, 1.165) is 5.56 Å². The number of hydrogen-bond acceptors (Lipinski definition) is 3. The smallest absolute Gasteiger partial charge is 0.335 e. The summed E-state index contributed by atoms with van der Waals surface area (Å²) >= 11 is 5.86. The van der Waals surface area contributed by atoms with Crippen molar-refractivity contribution >= 4 is 40.0 Å². The second kappa shape index (κ2) is 8.08. The summed E-state index contributed by atoms with van der Waals surface area (Å²) < 4.78 is 12.1. The molecule has 0 aliphatic carbocycles. The molecule has 1 atom stereocenters. The number of anilines is 1. The van der Waals surface area contributed by atoms with Gasteiger partial charge in [0.2, 0.25) is 5.91 Å². The van der Waals surface area contributed by atoms with Crippen LogP contribution in [0.3, 0.4) is 0 Å². The molecule has 0 bridgehead atoms. The maximum atomic E-state index is 12.1. The minimum absolute atomic E-state index is 0.119. The number of aromatic carboxylic acids is 1. The van der Waals surface area contributed by atoms with Crippen LogP contribution in [-0.2, 0) is 21.3 Å². The van der Waals surface area contributed by atoms with Crippen molar-refractivity contribution in [1.82, 2.24) is 0 Å². The third kappa shape index (κ3) is 5.18. The lowest BCUT2D eigenvalue weighted by molar-refractivity contribution is -0.113. The van der Waals surface area contributed by atoms with Crippen LogP contribution >= 0.6 is 11.6 Å². The molecule has 0 heterocycles. The number of carboxylic acid groups (broad SMARTS) is 1. The number of carbonyl (C=O) groups excluding carboxylic acids is 1. The summed E-state index contributed by atoms with van der Waals surface area (Å²) in [4.78, 5) is 22.9. The number of carboxylic acids is 1. The molecular formula is C17H16ClNO4S. The van der Waals surface area contributed by atoms with Gasteiger partial charge in [0.1, 0.15) is 5.75 Å². The van der Waals surface area contributed by atoms with Gasteiger partial charge in [-0.1, -0.05) is 23.7 Å². The van der Waals surface area contributed by atoms with Gasteiger partial charge >= 0.3 is 5.97 Å². The van der Waals surface area contributed by atoms with Crippen LogP contribution in [0.5, 0.6) is 0 Å². The standard InChI is InChI=1S/C17H16ClNO4S/c1-11-7-14(18)5-6-15(11)19-16(20)10-24(23)9-12-3-2-4-13(8-12)17(21)22/h2-8H,9-10H2,1H3,(H,19,20)(H,21,22). The lowest BCUT2D eigenvalue weighted by Crippen LogP contribution is -2.20. The van der Waals surface area contributed by atoms with Crippen molar-refractivity contribution in [2.45, 2.75) is 12.7 Å². The molecule has 0 aromatic heterocycles. The van der Waals surface area contributed by atoms with E-state index >= 15 is 0 Å². The molecule has 126 valence electrons. The van der Waals surface area contributed by atoms with Crippen LogP contribution in [-0.4, -0.2) is 26.9 Å². The van der Waals surface area contributed by atoms with Crippen LogP contribution in [0.15, 0.2) is 42.5 Å². The molecule has 2 rings (SSSR count). The first-order valence-electron chi connectivity index (χ1n) is 7.08. The molecule has 0 radical (unpaired) electrons. The van der Waals surface area contributed by atoms with E-state index in [1.807, 2.05) is 6.92 Å². The highest BCUT2D eigenvalue weighted by atomic mass is 35.5. The Balaban J connectivity index is 1.95. The molecule has 1 unspecified atom stereocenters. The van der Waals surface area contributed by atoms with Gasteiger partial charge < -0.3 is 10.4 Å². The van der Waals surface area contributed by atoms with Crippen molar-refractivity contribution in [1.29, 1.82) is 0 Å². The molecule has 0 fully saturated rings. The van der Waals surface area contributed by atoms with Crippen LogP contribution < -0.4 is 5.32 Å². The van der Waals surface area contributed by atoms with E-state index in [-0.39, 0.29) is 23.0 Å². The van der Waals surface area contributed by atoms with Gasteiger partial charge in [-0.05, 0) is 48.4 Å². The number of benzene rings is 2. The van der Waals surface area contributed by atoms with Crippen molar-refractivity contribution in [2.24, 2.45) is 0 Å². The molecular weight excluding hydrogens is 350 g/mol. The number of carbonyl (C=O) groups is 2. The van der Waals surface area contributed by atoms with Crippen LogP contribution in [0.1, 0.15) is 21.5 Å². The molecule has 0 aliphatic rings. The molecule has 0 saturated heterocycles. The number of hydrogen-bond donors (Lipinski definition) is 2. The summed E-state index contributed by atoms with van der Waals surface area (Å²) in [6.07, 6.45) is 0. The normalized spacial score (nSPS) is 11.8. The Bertz CT molecular complexity index is 807. The van der Waals surface area contributed by atoms with E-state index in [9.17, 15) is 13.8 Å². The van der Waals surface area contributed by atoms with Gasteiger partial charge in [-0.2, -0.15) is 0 Å². The fraction of sp³-hybridized carbons (Fsp3) is 0.176. The Kier molecular flexibility index (Phi) is 6.11. The van der Waals surface area contributed by atoms with Crippen LogP contribution in [0.25, 0.3) is 0 Å². The van der Waals surface area contributed by atoms with Gasteiger partial charge in [0.25, 0.3) is 0 Å². The lowest BCUT2D eigenvalue weighted by atomic mass is 10.1. The van der Waals surface area contributed by atoms with Crippen LogP contribution in [0.4, 0.5) is 5.69 Å². The first-order valence-corrected chi connectivity index (χ1v) is 8.95. The molecule has 0 spiro atoms. The Morgan fingerprint density at radius 1 is 1.21 bits per heavy atom. The zero-order valence-electron chi connectivity index (χ0n) is 12.9. The zero-order chi connectivity index (χ0) is 17.7. The summed E-state index contributed by atoms with van der Waals surface area (Å²) in [5.74, 6) is -1.46. The summed E-state index contributed by atoms with van der Waals surface area (Å²) in [6, 6.07) is 11.3. The van der Waals surface area contributed by atoms with Gasteiger partial charge in [-0.15, -0.1) is 0 Å². The highest BCUT2D eigenvalue weighted by molar-refractivity contribution is 7.84. The molecule has 0 saturated carbocycles. The van der Waals surface area contributed by atoms with Crippen molar-refractivity contribution in [3.8, 4) is 0 Å². The maximum absolute atomic E-state index is 12.1. The summed E-state index contributed by atoms with van der Waals surface area (Å²) in [5.41, 5.74) is 2.18. The van der Waals surface area contributed by atoms with Gasteiger partial charge in [0, 0.05) is 27.3 Å². The largest absolute Gasteiger partial charge is 0.478 e. The number of nitrogens with one attached hydrogen (secondary N) is 1. The molecule has 5 nitrogen and oxygen atoms in total. The second-order valence-corrected chi connectivity index (χ2v) is 7.13. The van der Waals surface area contributed by atoms with Gasteiger partial charge in [-0.25, -0.2) is 4.79 Å². The fourth-order valence-electron chi connectivity index (χ4n) is 2.13. The average molecular weight is 366 g/mol. The van der Waals surface area contributed by atoms with E-state index in [2.05, 4.69) is 5.32 Å². The van der Waals surface area contributed by atoms with Crippen molar-refractivity contribution in [3.05, 3.63) is 64.2 Å². The molecule has 1 amide bonds. The van der Waals surface area contributed by atoms with E-state index in [0.29, 0.717) is 16.3 Å². The maximum Gasteiger partial charge on any atom is 0.335 e. The van der Waals surface area contributed by atoms with Gasteiger partial charge in [0.15, 0.2) is 0 Å². The topological polar surface area (TPSA) is 83.5 Å². The number of rotatable bonds is 6. The van der Waals surface area contributed by atoms with Crippen molar-refractivity contribution < 1.29 is 18.9 Å². The van der Waals surface area contributed by atoms with Gasteiger partial charge in [0.05, 0.1) is 5.56 Å². The Morgan fingerprint density at radius 2 is 1.96 bits per heavy atom. The SMILES string of the molecule is Cc1cc(Cl)ccc1NC(=O)CS(=O)Cc1cccc(C(=O)O)c1. The molecule has 2 N–H and O–H groups in total. The lowest BCUT2D eigenvalue weighted by Gasteiger charge is -2.09. The highest BCUT2D eigenvalue weighted by Gasteiger charge is 2.12. The van der Waals surface area contributed by atoms with E-state index < -0.39 is 16.8 Å². The molecule has 0 aliphatic heterocycles. The molecule has 2 aromatic carbocycles. The number of amides is 1. The highest BCUT2D eigenvalue weighted by Crippen LogP contribution is 2.19. The second-order valence-electron chi connectivity index (χ2n) is 5.24.